The summed E-state index contributed by atoms with van der Waals surface area (Å²) >= 11 is 0. The Bertz CT molecular complexity index is 1750. The number of benzene rings is 3. The number of halogens is 5. The summed E-state index contributed by atoms with van der Waals surface area (Å²) in [6, 6.07) is 15.9. The maximum Gasteiger partial charge on any atom is 0.417 e. The lowest BCUT2D eigenvalue weighted by Gasteiger charge is -2.15. The predicted octanol–water partition coefficient (Wildman–Crippen LogP) is 7.56. The van der Waals surface area contributed by atoms with Gasteiger partial charge in [-0.25, -0.2) is 23.5 Å². The van der Waals surface area contributed by atoms with Gasteiger partial charge in [0.2, 0.25) is 0 Å². The smallest absolute Gasteiger partial charge is 0.417 e. The molecule has 0 spiro atoms. The summed E-state index contributed by atoms with van der Waals surface area (Å²) < 4.78 is 81.7. The van der Waals surface area contributed by atoms with Crippen molar-refractivity contribution in [3.63, 3.8) is 0 Å². The third-order valence-electron chi connectivity index (χ3n) is 6.43. The second-order valence-corrected chi connectivity index (χ2v) is 9.40. The Labute approximate surface area is 243 Å². The van der Waals surface area contributed by atoms with E-state index in [0.717, 1.165) is 23.8 Å². The van der Waals surface area contributed by atoms with Crippen molar-refractivity contribution in [2.24, 2.45) is 0 Å². The lowest BCUT2D eigenvalue weighted by molar-refractivity contribution is -0.138. The maximum atomic E-state index is 14.2. The summed E-state index contributed by atoms with van der Waals surface area (Å²) in [5.41, 5.74) is 1.26. The van der Waals surface area contributed by atoms with Crippen molar-refractivity contribution in [1.82, 2.24) is 14.5 Å². The second-order valence-electron chi connectivity index (χ2n) is 9.40. The Hall–Kier alpha value is -5.06. The highest BCUT2D eigenvalue weighted by atomic mass is 19.4. The lowest BCUT2D eigenvalue weighted by atomic mass is 9.98. The van der Waals surface area contributed by atoms with Crippen molar-refractivity contribution in [2.75, 3.05) is 13.2 Å². The highest BCUT2D eigenvalue weighted by molar-refractivity contribution is 5.81. The van der Waals surface area contributed by atoms with Crippen molar-refractivity contribution in [2.45, 2.75) is 19.6 Å². The average molecular weight is 594 g/mol. The van der Waals surface area contributed by atoms with Gasteiger partial charge in [0.05, 0.1) is 23.4 Å². The minimum absolute atomic E-state index is 0.00639. The van der Waals surface area contributed by atoms with Crippen LogP contribution >= 0.6 is 0 Å². The fourth-order valence-electron chi connectivity index (χ4n) is 4.43. The van der Waals surface area contributed by atoms with Gasteiger partial charge >= 0.3 is 12.1 Å². The quantitative estimate of drug-likeness (QED) is 0.100. The normalized spacial score (nSPS) is 11.8. The number of carbonyl (C=O) groups excluding carboxylic acids is 1. The van der Waals surface area contributed by atoms with Gasteiger partial charge in [-0.05, 0) is 60.0 Å². The second kappa shape index (κ2) is 12.4. The molecule has 43 heavy (non-hydrogen) atoms. The van der Waals surface area contributed by atoms with Crippen molar-refractivity contribution >= 4 is 5.97 Å². The van der Waals surface area contributed by atoms with Gasteiger partial charge in [0, 0.05) is 25.0 Å². The number of ether oxygens (including phenoxy) is 2. The molecule has 0 radical (unpaired) electrons. The van der Waals surface area contributed by atoms with E-state index in [1.165, 1.54) is 30.3 Å². The zero-order chi connectivity index (χ0) is 30.6. The first kappa shape index (κ1) is 29.4. The van der Waals surface area contributed by atoms with Crippen molar-refractivity contribution in [3.05, 3.63) is 114 Å². The van der Waals surface area contributed by atoms with Gasteiger partial charge in [0.25, 0.3) is 0 Å². The molecule has 3 aromatic carbocycles. The largest absolute Gasteiger partial charge is 0.490 e. The van der Waals surface area contributed by atoms with E-state index in [1.807, 2.05) is 0 Å². The van der Waals surface area contributed by atoms with Crippen LogP contribution in [0, 0.1) is 11.6 Å². The molecule has 2 aliphatic rings. The van der Waals surface area contributed by atoms with E-state index in [4.69, 9.17) is 9.47 Å². The fourth-order valence-corrected chi connectivity index (χ4v) is 4.43. The van der Waals surface area contributed by atoms with Crippen LogP contribution in [0.1, 0.15) is 18.1 Å². The van der Waals surface area contributed by atoms with E-state index < -0.39 is 29.3 Å². The number of pyridine rings is 1. The number of aromatic nitrogens is 3. The van der Waals surface area contributed by atoms with Gasteiger partial charge in [-0.1, -0.05) is 36.4 Å². The van der Waals surface area contributed by atoms with Crippen LogP contribution in [-0.2, 0) is 22.3 Å². The molecule has 220 valence electrons. The number of esters is 1. The minimum atomic E-state index is -4.63. The first-order valence-electron chi connectivity index (χ1n) is 13.2. The number of nitrogens with zero attached hydrogens (tertiary/aromatic N) is 3. The molecule has 0 saturated heterocycles. The van der Waals surface area contributed by atoms with E-state index in [9.17, 15) is 26.7 Å². The van der Waals surface area contributed by atoms with Crippen molar-refractivity contribution in [1.29, 1.82) is 0 Å². The number of hydrogen-bond donors (Lipinski definition) is 0. The molecule has 0 aliphatic carbocycles. The van der Waals surface area contributed by atoms with Crippen LogP contribution in [0.2, 0.25) is 0 Å². The fraction of sp³-hybridized carbons (Fsp3) is 0.156. The van der Waals surface area contributed by atoms with E-state index in [2.05, 4.69) is 9.97 Å². The van der Waals surface area contributed by atoms with Crippen LogP contribution in [0.4, 0.5) is 22.0 Å². The first-order chi connectivity index (χ1) is 20.6. The molecular weight excluding hydrogens is 569 g/mol. The van der Waals surface area contributed by atoms with E-state index in [1.54, 1.807) is 54.2 Å². The summed E-state index contributed by atoms with van der Waals surface area (Å²) in [5, 5.41) is 0. The van der Waals surface area contributed by atoms with Crippen LogP contribution in [-0.4, -0.2) is 33.7 Å². The highest BCUT2D eigenvalue weighted by Gasteiger charge is 2.34. The van der Waals surface area contributed by atoms with Crippen LogP contribution < -0.4 is 4.74 Å². The summed E-state index contributed by atoms with van der Waals surface area (Å²) in [4.78, 5) is 20.0. The van der Waals surface area contributed by atoms with Crippen LogP contribution in [0.5, 0.6) is 5.75 Å². The van der Waals surface area contributed by atoms with Gasteiger partial charge in [0.15, 0.2) is 17.5 Å². The highest BCUT2D eigenvalue weighted by Crippen LogP contribution is 2.39. The Morgan fingerprint density at radius 2 is 1.72 bits per heavy atom. The topological polar surface area (TPSA) is 66.2 Å². The molecule has 0 amide bonds. The lowest BCUT2D eigenvalue weighted by Crippen LogP contribution is -2.08. The number of rotatable bonds is 9. The molecule has 2 heterocycles. The molecule has 2 aliphatic heterocycles. The van der Waals surface area contributed by atoms with Gasteiger partial charge < -0.3 is 14.0 Å². The number of fused-ring (bicyclic) bond motifs is 1. The number of hydrogen-bond acceptors (Lipinski definition) is 5. The summed E-state index contributed by atoms with van der Waals surface area (Å²) in [6.07, 6.45) is 1.34. The van der Waals surface area contributed by atoms with Crippen LogP contribution in [0.25, 0.3) is 33.9 Å². The molecule has 0 aromatic heterocycles. The van der Waals surface area contributed by atoms with Gasteiger partial charge in [-0.15, -0.1) is 0 Å². The number of alkyl halides is 3. The molecule has 6 nitrogen and oxygen atoms in total. The molecule has 11 heteroatoms. The molecule has 3 aromatic rings. The molecule has 0 bridgehead atoms. The Balaban J connectivity index is 1.32. The SMILES string of the molecule is CCOC(=O)C=CCOc1ccc(-c2ccc(Cn3ccc4nc(-c5cccc(F)c5F)nc-4c3)cc2)c(C(F)(F)F)c1. The minimum Gasteiger partial charge on any atom is -0.490 e. The molecule has 0 unspecified atom stereocenters. The Kier molecular flexibility index (Phi) is 8.51. The van der Waals surface area contributed by atoms with Crippen LogP contribution in [0.3, 0.4) is 0 Å². The molecule has 0 atom stereocenters. The first-order valence-corrected chi connectivity index (χ1v) is 13.2. The molecule has 5 rings (SSSR count). The molecule has 0 N–H and O–H groups in total. The maximum absolute atomic E-state index is 14.2. The molecule has 0 saturated carbocycles. The van der Waals surface area contributed by atoms with Gasteiger partial charge in [-0.2, -0.15) is 13.2 Å². The van der Waals surface area contributed by atoms with Crippen molar-refractivity contribution < 1.29 is 36.2 Å². The standard InChI is InChI=1S/C32H24F5N3O3/c1-2-42-29(41)7-4-16-43-22-12-13-23(25(17-22)32(35,36)37)21-10-8-20(9-11-21)18-40-15-14-27-28(19-40)39-31(38-27)24-5-3-6-26(33)30(24)34/h3-15,17,19H,2,16,18H2,1H3. The molecule has 0 fully saturated rings. The molecular formula is C32H24F5N3O3. The predicted molar refractivity (Wildman–Crippen MR) is 149 cm³/mol. The van der Waals surface area contributed by atoms with E-state index in [0.29, 0.717) is 23.5 Å². The van der Waals surface area contributed by atoms with Gasteiger partial charge in [-0.3, -0.25) is 0 Å². The summed E-state index contributed by atoms with van der Waals surface area (Å²) in [6.45, 7) is 2.15. The summed E-state index contributed by atoms with van der Waals surface area (Å²) in [7, 11) is 0. The third kappa shape index (κ3) is 6.88. The monoisotopic (exact) mass is 593 g/mol. The summed E-state index contributed by atoms with van der Waals surface area (Å²) in [5.74, 6) is -2.50. The zero-order valence-corrected chi connectivity index (χ0v) is 22.7. The average Bonchev–Trinajstić information content (AvgIpc) is 3.40. The third-order valence-corrected chi connectivity index (χ3v) is 6.43. The van der Waals surface area contributed by atoms with E-state index >= 15 is 0 Å². The number of carbonyl (C=O) groups is 1. The van der Waals surface area contributed by atoms with E-state index in [-0.39, 0.29) is 35.9 Å². The Morgan fingerprint density at radius 3 is 2.47 bits per heavy atom. The van der Waals surface area contributed by atoms with Crippen LogP contribution in [0.15, 0.2) is 91.3 Å². The zero-order valence-electron chi connectivity index (χ0n) is 22.7. The van der Waals surface area contributed by atoms with Crippen molar-refractivity contribution in [3.8, 4) is 39.7 Å². The Morgan fingerprint density at radius 1 is 0.953 bits per heavy atom. The van der Waals surface area contributed by atoms with Gasteiger partial charge in [0.1, 0.15) is 18.1 Å². The number of imidazole rings is 1.